The van der Waals surface area contributed by atoms with Gasteiger partial charge < -0.3 is 10.1 Å². The molecule has 1 rings (SSSR count). The molecule has 0 aliphatic heterocycles. The van der Waals surface area contributed by atoms with E-state index in [4.69, 9.17) is 16.3 Å². The predicted octanol–water partition coefficient (Wildman–Crippen LogP) is 2.96. The molecule has 142 valence electrons. The summed E-state index contributed by atoms with van der Waals surface area (Å²) >= 11 is 6.08. The third kappa shape index (κ3) is 8.07. The topological polar surface area (TPSA) is 84.5 Å². The van der Waals surface area contributed by atoms with Crippen molar-refractivity contribution >= 4 is 27.5 Å². The quantitative estimate of drug-likeness (QED) is 0.635. The normalized spacial score (nSPS) is 12.0. The van der Waals surface area contributed by atoms with Gasteiger partial charge in [-0.2, -0.15) is 0 Å². The Balaban J connectivity index is 2.65. The molecule has 0 aliphatic carbocycles. The lowest BCUT2D eigenvalue weighted by molar-refractivity contribution is -0.123. The van der Waals surface area contributed by atoms with Crippen LogP contribution < -0.4 is 14.8 Å². The van der Waals surface area contributed by atoms with E-state index in [2.05, 4.69) is 10.0 Å². The molecule has 8 heteroatoms. The second kappa shape index (κ2) is 9.40. The summed E-state index contributed by atoms with van der Waals surface area (Å²) in [5.41, 5.74) is -0.0198. The van der Waals surface area contributed by atoms with E-state index in [0.717, 1.165) is 12.8 Å². The van der Waals surface area contributed by atoms with Gasteiger partial charge in [0.1, 0.15) is 5.75 Å². The fourth-order valence-corrected chi connectivity index (χ4v) is 3.19. The number of carbonyl (C=O) groups is 1. The zero-order chi connectivity index (χ0) is 19.1. The number of carbonyl (C=O) groups excluding carboxylic acids is 1. The molecule has 0 saturated heterocycles. The zero-order valence-corrected chi connectivity index (χ0v) is 16.8. The van der Waals surface area contributed by atoms with Crippen molar-refractivity contribution in [3.8, 4) is 5.75 Å². The number of ether oxygens (including phenoxy) is 1. The number of unbranched alkanes of at least 4 members (excludes halogenated alkanes) is 1. The van der Waals surface area contributed by atoms with Crippen molar-refractivity contribution in [1.29, 1.82) is 0 Å². The molecule has 1 amide bonds. The van der Waals surface area contributed by atoms with E-state index in [9.17, 15) is 13.2 Å². The van der Waals surface area contributed by atoms with Gasteiger partial charge in [-0.3, -0.25) is 4.79 Å². The molecule has 25 heavy (non-hydrogen) atoms. The van der Waals surface area contributed by atoms with Gasteiger partial charge in [-0.15, -0.1) is 0 Å². The lowest BCUT2D eigenvalue weighted by Gasteiger charge is -2.18. The second-order valence-corrected chi connectivity index (χ2v) is 9.14. The third-order valence-corrected chi connectivity index (χ3v) is 4.96. The molecule has 0 radical (unpaired) electrons. The zero-order valence-electron chi connectivity index (χ0n) is 15.2. The Morgan fingerprint density at radius 3 is 2.52 bits per heavy atom. The second-order valence-electron chi connectivity index (χ2n) is 6.97. The van der Waals surface area contributed by atoms with Crippen LogP contribution in [0.15, 0.2) is 23.1 Å². The van der Waals surface area contributed by atoms with E-state index in [1.807, 2.05) is 27.7 Å². The van der Waals surface area contributed by atoms with Crippen LogP contribution in [0.1, 0.15) is 40.5 Å². The molecular formula is C17H27ClN2O4S. The molecule has 0 bridgehead atoms. The Morgan fingerprint density at radius 1 is 1.28 bits per heavy atom. The molecule has 0 aromatic heterocycles. The van der Waals surface area contributed by atoms with Crippen molar-refractivity contribution in [3.63, 3.8) is 0 Å². The van der Waals surface area contributed by atoms with Crippen LogP contribution in [0.5, 0.6) is 5.75 Å². The van der Waals surface area contributed by atoms with Crippen LogP contribution in [0, 0.1) is 5.41 Å². The summed E-state index contributed by atoms with van der Waals surface area (Å²) in [7, 11) is -3.60. The van der Waals surface area contributed by atoms with Crippen LogP contribution in [-0.2, 0) is 14.8 Å². The van der Waals surface area contributed by atoms with Crippen molar-refractivity contribution in [2.45, 2.75) is 45.4 Å². The highest BCUT2D eigenvalue weighted by Crippen LogP contribution is 2.27. The number of nitrogens with one attached hydrogen (secondary N) is 2. The first-order valence-corrected chi connectivity index (χ1v) is 10.1. The van der Waals surface area contributed by atoms with Gasteiger partial charge >= 0.3 is 0 Å². The Labute approximate surface area is 155 Å². The van der Waals surface area contributed by atoms with E-state index in [0.29, 0.717) is 13.1 Å². The summed E-state index contributed by atoms with van der Waals surface area (Å²) < 4.78 is 32.2. The van der Waals surface area contributed by atoms with Crippen LogP contribution in [0.25, 0.3) is 0 Å². The van der Waals surface area contributed by atoms with Gasteiger partial charge in [-0.1, -0.05) is 45.7 Å². The van der Waals surface area contributed by atoms with Gasteiger partial charge in [-0.05, 0) is 30.0 Å². The van der Waals surface area contributed by atoms with Crippen molar-refractivity contribution in [2.24, 2.45) is 5.41 Å². The number of hydrogen-bond acceptors (Lipinski definition) is 4. The van der Waals surface area contributed by atoms with Crippen LogP contribution in [0.2, 0.25) is 5.02 Å². The van der Waals surface area contributed by atoms with Crippen molar-refractivity contribution in [1.82, 2.24) is 10.0 Å². The Hall–Kier alpha value is -1.31. The van der Waals surface area contributed by atoms with E-state index in [1.165, 1.54) is 18.2 Å². The predicted molar refractivity (Wildman–Crippen MR) is 99.5 cm³/mol. The van der Waals surface area contributed by atoms with Gasteiger partial charge in [0.15, 0.2) is 6.61 Å². The van der Waals surface area contributed by atoms with E-state index in [-0.39, 0.29) is 33.6 Å². The molecule has 1 aromatic rings. The molecule has 0 atom stereocenters. The summed E-state index contributed by atoms with van der Waals surface area (Å²) in [5, 5.41) is 2.90. The maximum absolute atomic E-state index is 12.1. The lowest BCUT2D eigenvalue weighted by atomic mass is 9.97. The molecule has 0 heterocycles. The number of sulfonamides is 1. The van der Waals surface area contributed by atoms with Gasteiger partial charge in [0.2, 0.25) is 10.0 Å². The van der Waals surface area contributed by atoms with Gasteiger partial charge in [0.05, 0.1) is 9.92 Å². The molecule has 0 aliphatic rings. The highest BCUT2D eigenvalue weighted by atomic mass is 35.5. The molecule has 0 unspecified atom stereocenters. The van der Waals surface area contributed by atoms with Gasteiger partial charge in [0.25, 0.3) is 5.91 Å². The highest BCUT2D eigenvalue weighted by Gasteiger charge is 2.16. The molecule has 1 aromatic carbocycles. The minimum absolute atomic E-state index is 0.0198. The number of rotatable bonds is 9. The molecule has 6 nitrogen and oxygen atoms in total. The summed E-state index contributed by atoms with van der Waals surface area (Å²) in [5.74, 6) is 0.00371. The fraction of sp³-hybridized carbons (Fsp3) is 0.588. The number of hydrogen-bond donors (Lipinski definition) is 2. The lowest BCUT2D eigenvalue weighted by Crippen LogP contribution is -2.35. The minimum atomic E-state index is -3.60. The third-order valence-electron chi connectivity index (χ3n) is 3.21. The molecule has 0 fully saturated rings. The van der Waals surface area contributed by atoms with Crippen LogP contribution in [0.4, 0.5) is 0 Å². The first-order valence-electron chi connectivity index (χ1n) is 8.24. The van der Waals surface area contributed by atoms with Crippen molar-refractivity contribution in [2.75, 3.05) is 19.7 Å². The minimum Gasteiger partial charge on any atom is -0.482 e. The average molecular weight is 391 g/mol. The summed E-state index contributed by atoms with van der Waals surface area (Å²) in [4.78, 5) is 11.8. The number of amides is 1. The Kier molecular flexibility index (Phi) is 8.18. The van der Waals surface area contributed by atoms with Gasteiger partial charge in [0, 0.05) is 13.1 Å². The molecule has 0 saturated carbocycles. The van der Waals surface area contributed by atoms with Crippen molar-refractivity contribution < 1.29 is 17.9 Å². The molecular weight excluding hydrogens is 364 g/mol. The van der Waals surface area contributed by atoms with Crippen LogP contribution in [0.3, 0.4) is 0 Å². The van der Waals surface area contributed by atoms with Gasteiger partial charge in [-0.25, -0.2) is 13.1 Å². The fourth-order valence-electron chi connectivity index (χ4n) is 1.79. The van der Waals surface area contributed by atoms with E-state index >= 15 is 0 Å². The standard InChI is InChI=1S/C17H27ClN2O4S/c1-5-6-9-20-25(22,23)13-7-8-15(14(18)10-13)24-11-16(21)19-12-17(2,3)4/h7-8,10,20H,5-6,9,11-12H2,1-4H3,(H,19,21). The summed E-state index contributed by atoms with van der Waals surface area (Å²) in [6.45, 7) is 8.74. The Bertz CT molecular complexity index is 684. The Morgan fingerprint density at radius 2 is 1.96 bits per heavy atom. The molecule has 0 spiro atoms. The largest absolute Gasteiger partial charge is 0.482 e. The monoisotopic (exact) mass is 390 g/mol. The first kappa shape index (κ1) is 21.7. The average Bonchev–Trinajstić information content (AvgIpc) is 2.51. The molecule has 2 N–H and O–H groups in total. The smallest absolute Gasteiger partial charge is 0.257 e. The number of benzene rings is 1. The maximum Gasteiger partial charge on any atom is 0.257 e. The maximum atomic E-state index is 12.1. The van der Waals surface area contributed by atoms with Crippen LogP contribution in [-0.4, -0.2) is 34.0 Å². The summed E-state index contributed by atoms with van der Waals surface area (Å²) in [6, 6.07) is 4.18. The number of halogens is 1. The van der Waals surface area contributed by atoms with Crippen molar-refractivity contribution in [3.05, 3.63) is 23.2 Å². The van der Waals surface area contributed by atoms with E-state index in [1.54, 1.807) is 0 Å². The summed E-state index contributed by atoms with van der Waals surface area (Å²) in [6.07, 6.45) is 1.66. The van der Waals surface area contributed by atoms with Crippen LogP contribution >= 0.6 is 11.6 Å². The first-order chi connectivity index (χ1) is 11.5. The van der Waals surface area contributed by atoms with E-state index < -0.39 is 10.0 Å². The highest BCUT2D eigenvalue weighted by molar-refractivity contribution is 7.89. The SMILES string of the molecule is CCCCNS(=O)(=O)c1ccc(OCC(=O)NCC(C)(C)C)c(Cl)c1.